The molecule has 3 heterocycles. The Morgan fingerprint density at radius 1 is 1.03 bits per heavy atom. The molecule has 0 amide bonds. The number of aromatic nitrogens is 3. The topological polar surface area (TPSA) is 97.0 Å². The van der Waals surface area contributed by atoms with Gasteiger partial charge in [-0.05, 0) is 31.2 Å². The normalized spacial score (nSPS) is 16.3. The van der Waals surface area contributed by atoms with Crippen molar-refractivity contribution in [3.63, 3.8) is 0 Å². The number of aryl methyl sites for hydroxylation is 1. The molecular formula is C19H21N5O4S. The number of rotatable bonds is 4. The maximum absolute atomic E-state index is 12.8. The Labute approximate surface area is 167 Å². The SMILES string of the molecule is Cc1ccc(S(=O)(=O)N2CCN(CC(=O)n3nc4ccccn4c3=O)CC2)cc1. The van der Waals surface area contributed by atoms with E-state index in [9.17, 15) is 18.0 Å². The molecule has 9 nitrogen and oxygen atoms in total. The fourth-order valence-electron chi connectivity index (χ4n) is 3.33. The molecule has 1 aliphatic heterocycles. The van der Waals surface area contributed by atoms with E-state index in [0.29, 0.717) is 18.7 Å². The maximum atomic E-state index is 12.8. The van der Waals surface area contributed by atoms with Crippen molar-refractivity contribution >= 4 is 21.6 Å². The third-order valence-electron chi connectivity index (χ3n) is 5.01. The largest absolute Gasteiger partial charge is 0.357 e. The minimum absolute atomic E-state index is 0.00219. The van der Waals surface area contributed by atoms with Crippen LogP contribution in [0.1, 0.15) is 10.4 Å². The van der Waals surface area contributed by atoms with Crippen LogP contribution in [-0.2, 0) is 10.0 Å². The molecule has 0 aliphatic carbocycles. The van der Waals surface area contributed by atoms with Gasteiger partial charge in [0.2, 0.25) is 10.0 Å². The number of carbonyl (C=O) groups is 1. The average Bonchev–Trinajstić information content (AvgIpc) is 3.06. The summed E-state index contributed by atoms with van der Waals surface area (Å²) in [4.78, 5) is 27.0. The first-order valence-corrected chi connectivity index (χ1v) is 10.7. The van der Waals surface area contributed by atoms with Gasteiger partial charge < -0.3 is 0 Å². The predicted molar refractivity (Wildman–Crippen MR) is 106 cm³/mol. The first kappa shape index (κ1) is 19.5. The molecule has 2 aromatic heterocycles. The lowest BCUT2D eigenvalue weighted by molar-refractivity contribution is 0.0799. The number of carbonyl (C=O) groups excluding carboxylic acids is 1. The highest BCUT2D eigenvalue weighted by Crippen LogP contribution is 2.18. The van der Waals surface area contributed by atoms with Gasteiger partial charge in [-0.25, -0.2) is 17.6 Å². The second-order valence-corrected chi connectivity index (χ2v) is 8.95. The van der Waals surface area contributed by atoms with E-state index < -0.39 is 21.6 Å². The molecule has 1 aliphatic rings. The van der Waals surface area contributed by atoms with Gasteiger partial charge in [0.1, 0.15) is 0 Å². The highest BCUT2D eigenvalue weighted by molar-refractivity contribution is 7.89. The number of fused-ring (bicyclic) bond motifs is 1. The summed E-state index contributed by atoms with van der Waals surface area (Å²) >= 11 is 0. The quantitative estimate of drug-likeness (QED) is 0.614. The van der Waals surface area contributed by atoms with Gasteiger partial charge in [-0.2, -0.15) is 4.31 Å². The van der Waals surface area contributed by atoms with E-state index in [4.69, 9.17) is 0 Å². The minimum atomic E-state index is -3.56. The van der Waals surface area contributed by atoms with Crippen LogP contribution < -0.4 is 5.69 Å². The van der Waals surface area contributed by atoms with Gasteiger partial charge in [0.05, 0.1) is 11.4 Å². The Morgan fingerprint density at radius 3 is 2.38 bits per heavy atom. The molecule has 0 atom stereocenters. The van der Waals surface area contributed by atoms with Crippen molar-refractivity contribution < 1.29 is 13.2 Å². The average molecular weight is 415 g/mol. The molecular weight excluding hydrogens is 394 g/mol. The number of nitrogens with zero attached hydrogens (tertiary/aromatic N) is 5. The van der Waals surface area contributed by atoms with Crippen LogP contribution >= 0.6 is 0 Å². The van der Waals surface area contributed by atoms with Crippen LogP contribution in [-0.4, -0.2) is 70.4 Å². The Bertz CT molecular complexity index is 1210. The van der Waals surface area contributed by atoms with Crippen molar-refractivity contribution in [3.8, 4) is 0 Å². The first-order chi connectivity index (χ1) is 13.9. The third kappa shape index (κ3) is 3.74. The predicted octanol–water partition coefficient (Wildman–Crippen LogP) is 0.451. The summed E-state index contributed by atoms with van der Waals surface area (Å²) in [5.74, 6) is -0.437. The van der Waals surface area contributed by atoms with Crippen LogP contribution in [0.3, 0.4) is 0 Å². The van der Waals surface area contributed by atoms with Crippen LogP contribution in [0.15, 0.2) is 58.4 Å². The lowest BCUT2D eigenvalue weighted by atomic mass is 10.2. The zero-order valence-electron chi connectivity index (χ0n) is 15.9. The molecule has 0 saturated carbocycles. The highest BCUT2D eigenvalue weighted by Gasteiger charge is 2.29. The summed E-state index contributed by atoms with van der Waals surface area (Å²) in [5, 5.41) is 4.06. The molecule has 10 heteroatoms. The summed E-state index contributed by atoms with van der Waals surface area (Å²) < 4.78 is 29.2. The van der Waals surface area contributed by atoms with Crippen LogP contribution in [0.4, 0.5) is 0 Å². The van der Waals surface area contributed by atoms with Crippen LogP contribution in [0.25, 0.3) is 5.65 Å². The number of sulfonamides is 1. The Balaban J connectivity index is 1.42. The number of piperazine rings is 1. The molecule has 1 aromatic carbocycles. The zero-order valence-corrected chi connectivity index (χ0v) is 16.7. The van der Waals surface area contributed by atoms with Crippen LogP contribution in [0, 0.1) is 6.92 Å². The molecule has 4 rings (SSSR count). The molecule has 0 N–H and O–H groups in total. The van der Waals surface area contributed by atoms with Crippen molar-refractivity contribution in [1.82, 2.24) is 23.4 Å². The summed E-state index contributed by atoms with van der Waals surface area (Å²) in [7, 11) is -3.56. The zero-order chi connectivity index (χ0) is 20.6. The molecule has 0 unspecified atom stereocenters. The van der Waals surface area contributed by atoms with Gasteiger partial charge in [0, 0.05) is 32.4 Å². The van der Waals surface area contributed by atoms with Gasteiger partial charge in [-0.3, -0.25) is 9.69 Å². The first-order valence-electron chi connectivity index (χ1n) is 9.25. The summed E-state index contributed by atoms with van der Waals surface area (Å²) in [6, 6.07) is 11.8. The molecule has 29 heavy (non-hydrogen) atoms. The molecule has 0 bridgehead atoms. The van der Waals surface area contributed by atoms with Crippen molar-refractivity contribution in [1.29, 1.82) is 0 Å². The maximum Gasteiger partial charge on any atom is 0.357 e. The standard InChI is InChI=1S/C19H21N5O4S/c1-15-5-7-16(8-6-15)29(27,28)22-12-10-21(11-13-22)14-18(25)24-19(26)23-9-3-2-4-17(23)20-24/h2-9H,10-14H2,1H3. The van der Waals surface area contributed by atoms with Crippen molar-refractivity contribution in [2.75, 3.05) is 32.7 Å². The smallest absolute Gasteiger partial charge is 0.292 e. The second kappa shape index (κ2) is 7.54. The third-order valence-corrected chi connectivity index (χ3v) is 6.93. The number of hydrogen-bond acceptors (Lipinski definition) is 6. The van der Waals surface area contributed by atoms with E-state index >= 15 is 0 Å². The van der Waals surface area contributed by atoms with Crippen molar-refractivity contribution in [2.24, 2.45) is 0 Å². The second-order valence-electron chi connectivity index (χ2n) is 7.01. The Morgan fingerprint density at radius 2 is 1.72 bits per heavy atom. The Hall–Kier alpha value is -2.82. The van der Waals surface area contributed by atoms with Crippen LogP contribution in [0.2, 0.25) is 0 Å². The van der Waals surface area contributed by atoms with E-state index in [-0.39, 0.29) is 24.5 Å². The Kier molecular flexibility index (Phi) is 5.07. The van der Waals surface area contributed by atoms with E-state index in [0.717, 1.165) is 10.2 Å². The van der Waals surface area contributed by atoms with Gasteiger partial charge in [0.25, 0.3) is 5.91 Å². The summed E-state index contributed by atoms with van der Waals surface area (Å²) in [6.07, 6.45) is 1.56. The lowest BCUT2D eigenvalue weighted by Crippen LogP contribution is -2.50. The molecule has 0 spiro atoms. The van der Waals surface area contributed by atoms with E-state index in [1.54, 1.807) is 48.7 Å². The molecule has 3 aromatic rings. The van der Waals surface area contributed by atoms with E-state index in [2.05, 4.69) is 5.10 Å². The summed E-state index contributed by atoms with van der Waals surface area (Å²) in [6.45, 7) is 3.27. The van der Waals surface area contributed by atoms with Gasteiger partial charge in [-0.15, -0.1) is 9.78 Å². The van der Waals surface area contributed by atoms with Crippen LogP contribution in [0.5, 0.6) is 0 Å². The van der Waals surface area contributed by atoms with E-state index in [1.807, 2.05) is 11.8 Å². The fraction of sp³-hybridized carbons (Fsp3) is 0.316. The monoisotopic (exact) mass is 415 g/mol. The number of benzene rings is 1. The number of hydrogen-bond donors (Lipinski definition) is 0. The fourth-order valence-corrected chi connectivity index (χ4v) is 4.75. The molecule has 0 radical (unpaired) electrons. The summed E-state index contributed by atoms with van der Waals surface area (Å²) in [5.41, 5.74) is 0.889. The van der Waals surface area contributed by atoms with Gasteiger partial charge in [-0.1, -0.05) is 23.8 Å². The van der Waals surface area contributed by atoms with E-state index in [1.165, 1.54) is 8.71 Å². The van der Waals surface area contributed by atoms with Gasteiger partial charge in [0.15, 0.2) is 5.65 Å². The van der Waals surface area contributed by atoms with Crippen molar-refractivity contribution in [3.05, 3.63) is 64.7 Å². The molecule has 1 saturated heterocycles. The molecule has 152 valence electrons. The van der Waals surface area contributed by atoms with Gasteiger partial charge >= 0.3 is 5.69 Å². The highest BCUT2D eigenvalue weighted by atomic mass is 32.2. The lowest BCUT2D eigenvalue weighted by Gasteiger charge is -2.33. The van der Waals surface area contributed by atoms with Crippen molar-refractivity contribution in [2.45, 2.75) is 11.8 Å². The minimum Gasteiger partial charge on any atom is -0.292 e. The molecule has 1 fully saturated rings. The number of pyridine rings is 1.